The number of unbranched alkanes of at least 4 members (excludes halogenated alkanes) is 3. The third-order valence-electron chi connectivity index (χ3n) is 3.63. The number of hydrogen-bond donors (Lipinski definition) is 0. The third kappa shape index (κ3) is 13.5. The summed E-state index contributed by atoms with van der Waals surface area (Å²) in [6, 6.07) is 0. The molecular formula is C15H32NO3-. The smallest absolute Gasteiger partial charge is 0.0786 e. The van der Waals surface area contributed by atoms with Crippen LogP contribution in [0.15, 0.2) is 0 Å². The van der Waals surface area contributed by atoms with Crippen LogP contribution in [0.3, 0.4) is 0 Å². The van der Waals surface area contributed by atoms with Crippen LogP contribution in [0.5, 0.6) is 0 Å². The molecule has 0 aliphatic heterocycles. The van der Waals surface area contributed by atoms with Gasteiger partial charge < -0.3 is 19.5 Å². The molecule has 0 fully saturated rings. The van der Waals surface area contributed by atoms with E-state index in [2.05, 4.69) is 27.7 Å². The number of quaternary nitrogens is 1. The number of nitrogens with zero attached hydrogens (tertiary/aromatic N) is 1. The van der Waals surface area contributed by atoms with Gasteiger partial charge in [0.25, 0.3) is 0 Å². The fourth-order valence-corrected chi connectivity index (χ4v) is 2.29. The summed E-state index contributed by atoms with van der Waals surface area (Å²) >= 11 is 0. The van der Waals surface area contributed by atoms with Crippen molar-refractivity contribution in [3.05, 3.63) is 0 Å². The highest BCUT2D eigenvalue weighted by Gasteiger charge is 2.22. The highest BCUT2D eigenvalue weighted by molar-refractivity contribution is 5.47. The Morgan fingerprint density at radius 2 is 1.05 bits per heavy atom. The molecule has 0 atom stereocenters. The highest BCUT2D eigenvalue weighted by atomic mass is 16.6. The van der Waals surface area contributed by atoms with Crippen LogP contribution in [0.1, 0.15) is 66.2 Å². The van der Waals surface area contributed by atoms with Crippen molar-refractivity contribution in [2.24, 2.45) is 0 Å². The molecule has 0 saturated heterocycles. The third-order valence-corrected chi connectivity index (χ3v) is 3.63. The van der Waals surface area contributed by atoms with Crippen LogP contribution in [-0.2, 0) is 0 Å². The van der Waals surface area contributed by atoms with Crippen LogP contribution in [-0.4, -0.2) is 36.8 Å². The highest BCUT2D eigenvalue weighted by Crippen LogP contribution is 2.14. The van der Waals surface area contributed by atoms with Crippen LogP contribution in [0.25, 0.3) is 0 Å². The van der Waals surface area contributed by atoms with Crippen LogP contribution in [0, 0.1) is 0 Å². The quantitative estimate of drug-likeness (QED) is 0.570. The SMILES string of the molecule is CCCC[N+](CC)(CCCC)CCCC.O=C([O-])[O-]. The van der Waals surface area contributed by atoms with Crippen LogP contribution in [0.2, 0.25) is 0 Å². The van der Waals surface area contributed by atoms with Gasteiger partial charge in [-0.25, -0.2) is 0 Å². The lowest BCUT2D eigenvalue weighted by Gasteiger charge is -2.38. The molecular weight excluding hydrogens is 242 g/mol. The fourth-order valence-electron chi connectivity index (χ4n) is 2.29. The maximum Gasteiger partial charge on any atom is 0.0786 e. The molecule has 0 amide bonds. The van der Waals surface area contributed by atoms with Crippen molar-refractivity contribution in [1.29, 1.82) is 0 Å². The zero-order valence-electron chi connectivity index (χ0n) is 13.2. The minimum Gasteiger partial charge on any atom is -0.652 e. The summed E-state index contributed by atoms with van der Waals surface area (Å²) in [7, 11) is 0. The summed E-state index contributed by atoms with van der Waals surface area (Å²) < 4.78 is 1.38. The Morgan fingerprint density at radius 3 is 1.21 bits per heavy atom. The van der Waals surface area contributed by atoms with E-state index in [0.717, 1.165) is 0 Å². The molecule has 4 nitrogen and oxygen atoms in total. The van der Waals surface area contributed by atoms with Gasteiger partial charge in [-0.3, -0.25) is 0 Å². The molecule has 116 valence electrons. The van der Waals surface area contributed by atoms with E-state index in [4.69, 9.17) is 15.0 Å². The monoisotopic (exact) mass is 274 g/mol. The molecule has 0 aromatic rings. The van der Waals surface area contributed by atoms with Crippen molar-refractivity contribution in [1.82, 2.24) is 0 Å². The zero-order chi connectivity index (χ0) is 15.1. The van der Waals surface area contributed by atoms with Gasteiger partial charge in [0.2, 0.25) is 0 Å². The number of carbonyl (C=O) groups excluding carboxylic acids is 1. The lowest BCUT2D eigenvalue weighted by molar-refractivity contribution is -0.927. The fraction of sp³-hybridized carbons (Fsp3) is 0.933. The second kappa shape index (κ2) is 13.7. The van der Waals surface area contributed by atoms with Crippen LogP contribution in [0.4, 0.5) is 4.79 Å². The minimum absolute atomic E-state index is 1.33. The Bertz CT molecular complexity index is 182. The molecule has 19 heavy (non-hydrogen) atoms. The predicted molar refractivity (Wildman–Crippen MR) is 75.5 cm³/mol. The summed E-state index contributed by atoms with van der Waals surface area (Å²) in [5, 5.41) is 16.7. The first-order chi connectivity index (χ1) is 8.97. The number of hydrogen-bond acceptors (Lipinski definition) is 3. The van der Waals surface area contributed by atoms with Crippen molar-refractivity contribution in [3.8, 4) is 0 Å². The van der Waals surface area contributed by atoms with E-state index in [1.54, 1.807) is 0 Å². The van der Waals surface area contributed by atoms with E-state index in [-0.39, 0.29) is 0 Å². The average molecular weight is 274 g/mol. The lowest BCUT2D eigenvalue weighted by atomic mass is 10.1. The molecule has 0 heterocycles. The minimum atomic E-state index is -2.33. The molecule has 0 aliphatic carbocycles. The predicted octanol–water partition coefficient (Wildman–Crippen LogP) is 1.78. The average Bonchev–Trinajstić information content (AvgIpc) is 2.38. The van der Waals surface area contributed by atoms with Gasteiger partial charge in [-0.05, 0) is 32.3 Å². The number of rotatable bonds is 10. The van der Waals surface area contributed by atoms with Crippen LogP contribution >= 0.6 is 0 Å². The molecule has 0 aliphatic rings. The molecule has 0 aromatic heterocycles. The van der Waals surface area contributed by atoms with E-state index in [0.29, 0.717) is 0 Å². The molecule has 0 radical (unpaired) electrons. The van der Waals surface area contributed by atoms with Gasteiger partial charge in [-0.2, -0.15) is 0 Å². The molecule has 0 rings (SSSR count). The summed E-state index contributed by atoms with van der Waals surface area (Å²) in [5.41, 5.74) is 0. The van der Waals surface area contributed by atoms with Gasteiger partial charge in [-0.1, -0.05) is 40.0 Å². The van der Waals surface area contributed by atoms with Gasteiger partial charge in [-0.15, -0.1) is 0 Å². The molecule has 0 saturated carbocycles. The largest absolute Gasteiger partial charge is 0.652 e. The van der Waals surface area contributed by atoms with E-state index in [1.165, 1.54) is 69.2 Å². The molecule has 4 heteroatoms. The normalized spacial score (nSPS) is 10.7. The molecule has 0 N–H and O–H groups in total. The maximum atomic E-state index is 8.33. The van der Waals surface area contributed by atoms with E-state index in [1.807, 2.05) is 0 Å². The second-order valence-corrected chi connectivity index (χ2v) is 5.14. The number of carbonyl (C=O) groups is 1. The van der Waals surface area contributed by atoms with Gasteiger partial charge in [0.15, 0.2) is 0 Å². The van der Waals surface area contributed by atoms with Gasteiger partial charge in [0, 0.05) is 0 Å². The standard InChI is InChI=1S/C14H32N.CH2O3/c1-5-9-12-15(8-4,13-10-6-2)14-11-7-3;2-1(3)4/h5-14H2,1-4H3;(H2,2,3,4)/q+1;/p-2. The summed E-state index contributed by atoms with van der Waals surface area (Å²) in [4.78, 5) is 8.33. The number of carboxylic acid groups (broad SMARTS) is 2. The van der Waals surface area contributed by atoms with Crippen molar-refractivity contribution >= 4 is 6.16 Å². The van der Waals surface area contributed by atoms with E-state index >= 15 is 0 Å². The van der Waals surface area contributed by atoms with Crippen LogP contribution < -0.4 is 10.2 Å². The first-order valence-corrected chi connectivity index (χ1v) is 7.71. The summed E-state index contributed by atoms with van der Waals surface area (Å²) in [6.07, 6.45) is 5.92. The Labute approximate surface area is 119 Å². The molecule has 0 spiro atoms. The maximum absolute atomic E-state index is 8.33. The molecule has 0 bridgehead atoms. The van der Waals surface area contributed by atoms with Crippen molar-refractivity contribution in [2.45, 2.75) is 66.2 Å². The van der Waals surface area contributed by atoms with Gasteiger partial charge in [0.1, 0.15) is 0 Å². The van der Waals surface area contributed by atoms with Crippen molar-refractivity contribution in [2.75, 3.05) is 26.2 Å². The second-order valence-electron chi connectivity index (χ2n) is 5.14. The van der Waals surface area contributed by atoms with Gasteiger partial charge in [0.05, 0.1) is 26.2 Å². The van der Waals surface area contributed by atoms with Gasteiger partial charge >= 0.3 is 0 Å². The Hall–Kier alpha value is -0.770. The lowest BCUT2D eigenvalue weighted by Crippen LogP contribution is -2.49. The Morgan fingerprint density at radius 1 is 0.789 bits per heavy atom. The van der Waals surface area contributed by atoms with E-state index in [9.17, 15) is 0 Å². The van der Waals surface area contributed by atoms with E-state index < -0.39 is 6.16 Å². The Balaban J connectivity index is 0. The Kier molecular flexibility index (Phi) is 14.8. The first kappa shape index (κ1) is 20.5. The molecule has 0 aromatic carbocycles. The zero-order valence-corrected chi connectivity index (χ0v) is 13.2. The van der Waals surface area contributed by atoms with Crippen molar-refractivity contribution in [3.63, 3.8) is 0 Å². The van der Waals surface area contributed by atoms with Crippen molar-refractivity contribution < 1.29 is 19.5 Å². The topological polar surface area (TPSA) is 63.2 Å². The first-order valence-electron chi connectivity index (χ1n) is 7.71. The summed E-state index contributed by atoms with van der Waals surface area (Å²) in [6.45, 7) is 14.9. The molecule has 0 unspecified atom stereocenters. The summed E-state index contributed by atoms with van der Waals surface area (Å²) in [5.74, 6) is 0.